The lowest BCUT2D eigenvalue weighted by atomic mass is 10.2. The number of rotatable bonds is 6. The molecule has 2 heterocycles. The average Bonchev–Trinajstić information content (AvgIpc) is 3.15. The molecule has 0 unspecified atom stereocenters. The molecule has 0 atom stereocenters. The second-order valence-electron chi connectivity index (χ2n) is 5.85. The molecule has 0 aliphatic carbocycles. The third-order valence-corrected chi connectivity index (χ3v) is 4.67. The SMILES string of the molecule is Cc1ccc(OCc2nc(SCn3nnc4ccccc4c3=O)n[nH]2)cc1. The third-order valence-electron chi connectivity index (χ3n) is 3.85. The van der Waals surface area contributed by atoms with Gasteiger partial charge in [0.2, 0.25) is 5.16 Å². The van der Waals surface area contributed by atoms with Crippen molar-refractivity contribution in [2.24, 2.45) is 0 Å². The van der Waals surface area contributed by atoms with Gasteiger partial charge in [0, 0.05) is 0 Å². The van der Waals surface area contributed by atoms with Gasteiger partial charge in [0.25, 0.3) is 5.56 Å². The van der Waals surface area contributed by atoms with E-state index in [4.69, 9.17) is 4.74 Å². The van der Waals surface area contributed by atoms with Crippen LogP contribution in [0.15, 0.2) is 58.5 Å². The van der Waals surface area contributed by atoms with E-state index < -0.39 is 0 Å². The molecule has 0 bridgehead atoms. The van der Waals surface area contributed by atoms with Crippen molar-refractivity contribution >= 4 is 22.7 Å². The number of hydrogen-bond acceptors (Lipinski definition) is 7. The summed E-state index contributed by atoms with van der Waals surface area (Å²) in [5.41, 5.74) is 1.57. The molecule has 0 aliphatic heterocycles. The Morgan fingerprint density at radius 1 is 1.15 bits per heavy atom. The summed E-state index contributed by atoms with van der Waals surface area (Å²) in [4.78, 5) is 16.8. The number of H-pyrrole nitrogens is 1. The first kappa shape index (κ1) is 17.2. The predicted molar refractivity (Wildman–Crippen MR) is 102 cm³/mol. The summed E-state index contributed by atoms with van der Waals surface area (Å²) in [5.74, 6) is 1.64. The number of aromatic nitrogens is 6. The Hall–Kier alpha value is -3.20. The number of thioether (sulfide) groups is 1. The van der Waals surface area contributed by atoms with Crippen molar-refractivity contribution in [2.45, 2.75) is 24.6 Å². The molecule has 0 saturated carbocycles. The van der Waals surface area contributed by atoms with Gasteiger partial charge in [-0.15, -0.1) is 10.2 Å². The van der Waals surface area contributed by atoms with E-state index in [9.17, 15) is 4.79 Å². The van der Waals surface area contributed by atoms with Crippen molar-refractivity contribution in [1.82, 2.24) is 30.2 Å². The lowest BCUT2D eigenvalue weighted by Gasteiger charge is -2.03. The van der Waals surface area contributed by atoms with Gasteiger partial charge in [-0.2, -0.15) is 4.68 Å². The topological polar surface area (TPSA) is 98.6 Å². The Bertz CT molecular complexity index is 1120. The summed E-state index contributed by atoms with van der Waals surface area (Å²) in [6, 6.07) is 14.9. The number of nitrogens with one attached hydrogen (secondary N) is 1. The van der Waals surface area contributed by atoms with E-state index in [0.29, 0.717) is 21.9 Å². The number of aromatic amines is 1. The van der Waals surface area contributed by atoms with Gasteiger partial charge in [0.1, 0.15) is 17.9 Å². The highest BCUT2D eigenvalue weighted by Crippen LogP contribution is 2.16. The number of benzene rings is 2. The predicted octanol–water partition coefficient (Wildman–Crippen LogP) is 2.55. The van der Waals surface area contributed by atoms with Gasteiger partial charge in [0.15, 0.2) is 5.82 Å². The summed E-state index contributed by atoms with van der Waals surface area (Å²) >= 11 is 1.29. The highest BCUT2D eigenvalue weighted by Gasteiger charge is 2.09. The first-order valence-electron chi connectivity index (χ1n) is 8.25. The zero-order valence-electron chi connectivity index (χ0n) is 14.5. The number of ether oxygens (including phenoxy) is 1. The van der Waals surface area contributed by atoms with Crippen LogP contribution in [0, 0.1) is 6.92 Å². The lowest BCUT2D eigenvalue weighted by molar-refractivity contribution is 0.296. The molecule has 136 valence electrons. The van der Waals surface area contributed by atoms with Crippen LogP contribution in [0.1, 0.15) is 11.4 Å². The van der Waals surface area contributed by atoms with Gasteiger partial charge in [-0.1, -0.05) is 46.8 Å². The first-order valence-corrected chi connectivity index (χ1v) is 9.24. The van der Waals surface area contributed by atoms with E-state index in [1.165, 1.54) is 22.0 Å². The minimum absolute atomic E-state index is 0.188. The molecule has 2 aromatic heterocycles. The molecule has 0 amide bonds. The fraction of sp³-hybridized carbons (Fsp3) is 0.167. The van der Waals surface area contributed by atoms with Crippen LogP contribution in [0.25, 0.3) is 10.9 Å². The summed E-state index contributed by atoms with van der Waals surface area (Å²) in [7, 11) is 0. The van der Waals surface area contributed by atoms with Gasteiger partial charge in [-0.05, 0) is 31.2 Å². The van der Waals surface area contributed by atoms with Crippen LogP contribution >= 0.6 is 11.8 Å². The highest BCUT2D eigenvalue weighted by molar-refractivity contribution is 7.98. The molecular formula is C18H16N6O2S. The second kappa shape index (κ2) is 7.58. The fourth-order valence-corrected chi connectivity index (χ4v) is 3.11. The van der Waals surface area contributed by atoms with E-state index in [1.54, 1.807) is 18.2 Å². The maximum atomic E-state index is 12.4. The van der Waals surface area contributed by atoms with E-state index in [2.05, 4.69) is 25.5 Å². The monoisotopic (exact) mass is 380 g/mol. The molecule has 0 aliphatic rings. The Kier molecular flexibility index (Phi) is 4.84. The van der Waals surface area contributed by atoms with Crippen LogP contribution in [0.4, 0.5) is 0 Å². The normalized spacial score (nSPS) is 11.0. The Labute approximate surface area is 158 Å². The zero-order chi connectivity index (χ0) is 18.6. The molecule has 8 nitrogen and oxygen atoms in total. The van der Waals surface area contributed by atoms with E-state index in [1.807, 2.05) is 37.3 Å². The zero-order valence-corrected chi connectivity index (χ0v) is 15.3. The molecule has 4 rings (SSSR count). The smallest absolute Gasteiger partial charge is 0.278 e. The van der Waals surface area contributed by atoms with Crippen molar-refractivity contribution in [3.05, 3.63) is 70.3 Å². The molecule has 0 radical (unpaired) electrons. The molecule has 0 spiro atoms. The summed E-state index contributed by atoms with van der Waals surface area (Å²) in [6.07, 6.45) is 0. The van der Waals surface area contributed by atoms with Crippen molar-refractivity contribution in [2.75, 3.05) is 0 Å². The molecule has 27 heavy (non-hydrogen) atoms. The van der Waals surface area contributed by atoms with E-state index in [-0.39, 0.29) is 18.0 Å². The third kappa shape index (κ3) is 3.98. The molecule has 0 saturated heterocycles. The average molecular weight is 380 g/mol. The Morgan fingerprint density at radius 3 is 2.81 bits per heavy atom. The first-order chi connectivity index (χ1) is 13.2. The van der Waals surface area contributed by atoms with Crippen molar-refractivity contribution in [1.29, 1.82) is 0 Å². The molecule has 1 N–H and O–H groups in total. The summed E-state index contributed by atoms with van der Waals surface area (Å²) in [6.45, 7) is 2.31. The minimum atomic E-state index is -0.188. The van der Waals surface area contributed by atoms with Gasteiger partial charge in [0.05, 0.1) is 11.3 Å². The van der Waals surface area contributed by atoms with Crippen molar-refractivity contribution < 1.29 is 4.74 Å². The summed E-state index contributed by atoms with van der Waals surface area (Å²) in [5, 5.41) is 16.0. The van der Waals surface area contributed by atoms with Crippen molar-refractivity contribution in [3.63, 3.8) is 0 Å². The fourth-order valence-electron chi connectivity index (χ4n) is 2.42. The Balaban J connectivity index is 1.39. The standard InChI is InChI=1S/C18H16N6O2S/c1-12-6-8-13(9-7-12)26-10-16-19-18(22-21-16)27-11-24-17(25)14-4-2-3-5-15(14)20-23-24/h2-9H,10-11H2,1H3,(H,19,21,22). The largest absolute Gasteiger partial charge is 0.486 e. The molecule has 9 heteroatoms. The van der Waals surface area contributed by atoms with E-state index >= 15 is 0 Å². The van der Waals surface area contributed by atoms with Crippen molar-refractivity contribution in [3.8, 4) is 5.75 Å². The molecular weight excluding hydrogens is 364 g/mol. The Morgan fingerprint density at radius 2 is 1.96 bits per heavy atom. The minimum Gasteiger partial charge on any atom is -0.486 e. The second-order valence-corrected chi connectivity index (χ2v) is 6.76. The van der Waals surface area contributed by atoms with E-state index in [0.717, 1.165) is 5.75 Å². The maximum Gasteiger partial charge on any atom is 0.278 e. The molecule has 4 aromatic rings. The highest BCUT2D eigenvalue weighted by atomic mass is 32.2. The van der Waals surface area contributed by atoms with Gasteiger partial charge < -0.3 is 4.74 Å². The molecule has 2 aromatic carbocycles. The number of hydrogen-bond donors (Lipinski definition) is 1. The van der Waals surface area contributed by atoms with Crippen LogP contribution in [0.3, 0.4) is 0 Å². The molecule has 0 fully saturated rings. The quantitative estimate of drug-likeness (QED) is 0.513. The van der Waals surface area contributed by atoms with Crippen LogP contribution in [0.2, 0.25) is 0 Å². The van der Waals surface area contributed by atoms with Gasteiger partial charge >= 0.3 is 0 Å². The van der Waals surface area contributed by atoms with Crippen LogP contribution in [-0.2, 0) is 12.5 Å². The van der Waals surface area contributed by atoms with Crippen LogP contribution in [-0.4, -0.2) is 30.2 Å². The van der Waals surface area contributed by atoms with Crippen LogP contribution < -0.4 is 10.3 Å². The van der Waals surface area contributed by atoms with Crippen LogP contribution in [0.5, 0.6) is 5.75 Å². The number of fused-ring (bicyclic) bond motifs is 1. The lowest BCUT2D eigenvalue weighted by Crippen LogP contribution is -2.23. The maximum absolute atomic E-state index is 12.4. The van der Waals surface area contributed by atoms with Gasteiger partial charge in [-0.25, -0.2) is 4.98 Å². The van der Waals surface area contributed by atoms with Gasteiger partial charge in [-0.3, -0.25) is 9.89 Å². The summed E-state index contributed by atoms with van der Waals surface area (Å²) < 4.78 is 6.97. The number of aryl methyl sites for hydroxylation is 1. The number of nitrogens with zero attached hydrogens (tertiary/aromatic N) is 5.